The van der Waals surface area contributed by atoms with E-state index in [0.717, 1.165) is 35.0 Å². The maximum Gasteiger partial charge on any atom is 0.255 e. The molecule has 1 N–H and O–H groups in total. The molecule has 0 spiro atoms. The lowest BCUT2D eigenvalue weighted by Gasteiger charge is -2.16. The number of benzene rings is 2. The molecule has 0 aliphatic carbocycles. The minimum atomic E-state index is -0.140. The molecule has 124 valence electrons. The Kier molecular flexibility index (Phi) is 5.20. The molecule has 0 aromatic heterocycles. The Hall–Kier alpha value is -2.27. The van der Waals surface area contributed by atoms with E-state index in [4.69, 9.17) is 0 Å². The number of hydrogen-bond donors (Lipinski definition) is 1. The van der Waals surface area contributed by atoms with Gasteiger partial charge in [-0.25, -0.2) is 0 Å². The molecular formula is C19H20N2O2S. The van der Waals surface area contributed by atoms with Gasteiger partial charge >= 0.3 is 0 Å². The van der Waals surface area contributed by atoms with Gasteiger partial charge in [-0.15, -0.1) is 11.8 Å². The molecular weight excluding hydrogens is 320 g/mol. The first-order valence-corrected chi connectivity index (χ1v) is 9.11. The largest absolute Gasteiger partial charge is 0.321 e. The summed E-state index contributed by atoms with van der Waals surface area (Å²) < 4.78 is 0. The highest BCUT2D eigenvalue weighted by molar-refractivity contribution is 7.99. The van der Waals surface area contributed by atoms with E-state index in [-0.39, 0.29) is 11.8 Å². The van der Waals surface area contributed by atoms with Crippen molar-refractivity contribution in [1.82, 2.24) is 0 Å². The number of rotatable bonds is 5. The highest BCUT2D eigenvalue weighted by Crippen LogP contribution is 2.27. The van der Waals surface area contributed by atoms with Gasteiger partial charge in [0, 0.05) is 29.1 Å². The molecule has 0 unspecified atom stereocenters. The molecule has 2 aromatic carbocycles. The third-order valence-corrected chi connectivity index (χ3v) is 4.91. The lowest BCUT2D eigenvalue weighted by Crippen LogP contribution is -2.23. The first-order valence-electron chi connectivity index (χ1n) is 8.12. The van der Waals surface area contributed by atoms with Gasteiger partial charge in [0.2, 0.25) is 5.91 Å². The molecule has 2 amide bonds. The number of nitrogens with one attached hydrogen (secondary N) is 1. The smallest absolute Gasteiger partial charge is 0.255 e. The Morgan fingerprint density at radius 2 is 1.92 bits per heavy atom. The van der Waals surface area contributed by atoms with Crippen LogP contribution in [0.2, 0.25) is 0 Å². The lowest BCUT2D eigenvalue weighted by molar-refractivity contribution is -0.117. The Morgan fingerprint density at radius 3 is 2.58 bits per heavy atom. The highest BCUT2D eigenvalue weighted by atomic mass is 32.2. The number of carbonyl (C=O) groups is 2. The summed E-state index contributed by atoms with van der Waals surface area (Å²) >= 11 is 1.70. The van der Waals surface area contributed by atoms with Crippen LogP contribution in [0.4, 0.5) is 11.4 Å². The zero-order valence-electron chi connectivity index (χ0n) is 13.6. The van der Waals surface area contributed by atoms with Crippen LogP contribution < -0.4 is 10.2 Å². The molecule has 0 bridgehead atoms. The van der Waals surface area contributed by atoms with Crippen molar-refractivity contribution < 1.29 is 9.59 Å². The molecule has 4 nitrogen and oxygen atoms in total. The van der Waals surface area contributed by atoms with Gasteiger partial charge in [-0.05, 0) is 48.6 Å². The number of anilines is 2. The number of amides is 2. The summed E-state index contributed by atoms with van der Waals surface area (Å²) in [6, 6.07) is 15.0. The fourth-order valence-electron chi connectivity index (χ4n) is 2.76. The monoisotopic (exact) mass is 340 g/mol. The standard InChI is InChI=1S/C19H20N2O2S/c1-2-24-17-7-4-3-6-16(17)20-19(23)14-9-11-15(12-10-14)21-13-5-8-18(21)22/h3-4,6-7,9-12H,2,5,8,13H2,1H3,(H,20,23). The van der Waals surface area contributed by atoms with Crippen molar-refractivity contribution in [1.29, 1.82) is 0 Å². The predicted octanol–water partition coefficient (Wildman–Crippen LogP) is 4.18. The molecule has 0 saturated carbocycles. The fourth-order valence-corrected chi connectivity index (χ4v) is 3.52. The summed E-state index contributed by atoms with van der Waals surface area (Å²) in [5, 5.41) is 2.97. The van der Waals surface area contributed by atoms with Crippen molar-refractivity contribution in [3.05, 3.63) is 54.1 Å². The average Bonchev–Trinajstić information content (AvgIpc) is 3.03. The Morgan fingerprint density at radius 1 is 1.17 bits per heavy atom. The van der Waals surface area contributed by atoms with E-state index in [2.05, 4.69) is 12.2 Å². The molecule has 1 fully saturated rings. The molecule has 1 aliphatic rings. The number of carbonyl (C=O) groups excluding carboxylic acids is 2. The minimum Gasteiger partial charge on any atom is -0.321 e. The minimum absolute atomic E-state index is 0.140. The quantitative estimate of drug-likeness (QED) is 0.831. The Labute approximate surface area is 146 Å². The van der Waals surface area contributed by atoms with Crippen LogP contribution >= 0.6 is 11.8 Å². The Balaban J connectivity index is 1.73. The first-order chi connectivity index (χ1) is 11.7. The Bertz CT molecular complexity index is 743. The van der Waals surface area contributed by atoms with E-state index in [0.29, 0.717) is 12.0 Å². The third kappa shape index (κ3) is 3.62. The zero-order valence-corrected chi connectivity index (χ0v) is 14.4. The molecule has 0 radical (unpaired) electrons. The topological polar surface area (TPSA) is 49.4 Å². The van der Waals surface area contributed by atoms with Crippen molar-refractivity contribution in [2.75, 3.05) is 22.5 Å². The predicted molar refractivity (Wildman–Crippen MR) is 98.8 cm³/mol. The van der Waals surface area contributed by atoms with Crippen LogP contribution in [0.1, 0.15) is 30.1 Å². The average molecular weight is 340 g/mol. The van der Waals surface area contributed by atoms with Crippen molar-refractivity contribution >= 4 is 35.0 Å². The lowest BCUT2D eigenvalue weighted by atomic mass is 10.1. The van der Waals surface area contributed by atoms with Crippen LogP contribution in [0.25, 0.3) is 0 Å². The summed E-state index contributed by atoms with van der Waals surface area (Å²) in [4.78, 5) is 27.1. The van der Waals surface area contributed by atoms with Crippen LogP contribution in [0.15, 0.2) is 53.4 Å². The second-order valence-electron chi connectivity index (χ2n) is 5.58. The number of thioether (sulfide) groups is 1. The summed E-state index contributed by atoms with van der Waals surface area (Å²) in [6.45, 7) is 2.84. The fraction of sp³-hybridized carbons (Fsp3) is 0.263. The van der Waals surface area contributed by atoms with E-state index in [9.17, 15) is 9.59 Å². The summed E-state index contributed by atoms with van der Waals surface area (Å²) in [5.41, 5.74) is 2.27. The van der Waals surface area contributed by atoms with Gasteiger partial charge in [0.15, 0.2) is 0 Å². The molecule has 1 saturated heterocycles. The molecule has 2 aromatic rings. The normalized spacial score (nSPS) is 14.0. The first kappa shape index (κ1) is 16.6. The van der Waals surface area contributed by atoms with Crippen molar-refractivity contribution in [2.24, 2.45) is 0 Å². The van der Waals surface area contributed by atoms with E-state index in [1.165, 1.54) is 0 Å². The molecule has 24 heavy (non-hydrogen) atoms. The maximum atomic E-state index is 12.5. The van der Waals surface area contributed by atoms with Gasteiger partial charge < -0.3 is 10.2 Å². The molecule has 1 aliphatic heterocycles. The van der Waals surface area contributed by atoms with E-state index in [1.807, 2.05) is 36.4 Å². The van der Waals surface area contributed by atoms with E-state index in [1.54, 1.807) is 28.8 Å². The summed E-state index contributed by atoms with van der Waals surface area (Å²) in [6.07, 6.45) is 1.50. The summed E-state index contributed by atoms with van der Waals surface area (Å²) in [7, 11) is 0. The van der Waals surface area contributed by atoms with Crippen LogP contribution in [-0.2, 0) is 4.79 Å². The van der Waals surface area contributed by atoms with Crippen molar-refractivity contribution in [3.63, 3.8) is 0 Å². The third-order valence-electron chi connectivity index (χ3n) is 3.95. The van der Waals surface area contributed by atoms with Crippen molar-refractivity contribution in [2.45, 2.75) is 24.7 Å². The van der Waals surface area contributed by atoms with Crippen LogP contribution in [-0.4, -0.2) is 24.1 Å². The van der Waals surface area contributed by atoms with Crippen molar-refractivity contribution in [3.8, 4) is 0 Å². The molecule has 3 rings (SSSR count). The van der Waals surface area contributed by atoms with E-state index >= 15 is 0 Å². The van der Waals surface area contributed by atoms with E-state index < -0.39 is 0 Å². The van der Waals surface area contributed by atoms with Crippen LogP contribution in [0, 0.1) is 0 Å². The van der Waals surface area contributed by atoms with Gasteiger partial charge in [-0.3, -0.25) is 9.59 Å². The molecule has 0 atom stereocenters. The summed E-state index contributed by atoms with van der Waals surface area (Å²) in [5.74, 6) is 0.960. The number of nitrogens with zero attached hydrogens (tertiary/aromatic N) is 1. The number of hydrogen-bond acceptors (Lipinski definition) is 3. The zero-order chi connectivity index (χ0) is 16.9. The van der Waals surface area contributed by atoms with Gasteiger partial charge in [0.25, 0.3) is 5.91 Å². The van der Waals surface area contributed by atoms with Gasteiger partial charge in [-0.2, -0.15) is 0 Å². The second-order valence-corrected chi connectivity index (χ2v) is 6.88. The maximum absolute atomic E-state index is 12.5. The molecule has 1 heterocycles. The van der Waals surface area contributed by atoms with Gasteiger partial charge in [0.1, 0.15) is 0 Å². The second kappa shape index (κ2) is 7.53. The molecule has 5 heteroatoms. The van der Waals surface area contributed by atoms with Gasteiger partial charge in [0.05, 0.1) is 5.69 Å². The highest BCUT2D eigenvalue weighted by Gasteiger charge is 2.21. The van der Waals surface area contributed by atoms with Crippen LogP contribution in [0.3, 0.4) is 0 Å². The van der Waals surface area contributed by atoms with Crippen LogP contribution in [0.5, 0.6) is 0 Å². The SMILES string of the molecule is CCSc1ccccc1NC(=O)c1ccc(N2CCCC2=O)cc1. The van der Waals surface area contributed by atoms with Gasteiger partial charge in [-0.1, -0.05) is 19.1 Å². The number of para-hydroxylation sites is 1.